The Morgan fingerprint density at radius 1 is 1.00 bits per heavy atom. The Balaban J connectivity index is 1.67. The maximum absolute atomic E-state index is 13.2. The molecule has 0 saturated heterocycles. The first kappa shape index (κ1) is 18.3. The molecule has 2 aromatic heterocycles. The number of fused-ring (bicyclic) bond motifs is 1. The molecule has 0 spiro atoms. The normalized spacial score (nSPS) is 10.9. The number of hydrogen-bond acceptors (Lipinski definition) is 5. The smallest absolute Gasteiger partial charge is 0.267 e. The lowest BCUT2D eigenvalue weighted by Crippen LogP contribution is -2.23. The molecule has 2 heterocycles. The van der Waals surface area contributed by atoms with Gasteiger partial charge in [0.05, 0.1) is 17.5 Å². The van der Waals surface area contributed by atoms with Crippen LogP contribution in [0.3, 0.4) is 0 Å². The van der Waals surface area contributed by atoms with Crippen LogP contribution in [0.25, 0.3) is 16.7 Å². The second kappa shape index (κ2) is 8.27. The van der Waals surface area contributed by atoms with E-state index in [9.17, 15) is 4.79 Å². The number of aromatic nitrogens is 3. The Kier molecular flexibility index (Phi) is 5.39. The molecule has 2 aromatic carbocycles. The number of aryl methyl sites for hydroxylation is 1. The minimum absolute atomic E-state index is 0.112. The van der Waals surface area contributed by atoms with Crippen molar-refractivity contribution in [2.75, 3.05) is 12.4 Å². The fraction of sp³-hybridized carbons (Fsp3) is 0.136. The number of hydrogen-bond donors (Lipinski definition) is 0. The quantitative estimate of drug-likeness (QED) is 0.280. The van der Waals surface area contributed by atoms with Gasteiger partial charge >= 0.3 is 0 Å². The Bertz CT molecular complexity index is 1160. The molecule has 0 aliphatic rings. The summed E-state index contributed by atoms with van der Waals surface area (Å²) in [6.45, 7) is 2.45. The molecule has 0 unspecified atom stereocenters. The van der Waals surface area contributed by atoms with Crippen LogP contribution in [0, 0.1) is 6.92 Å². The molecule has 0 fully saturated rings. The maximum Gasteiger partial charge on any atom is 0.267 e. The SMILES string of the molecule is Cc1cccnc1-n1c(SCCOc2ccccc2)nc2ccccc2c1=O. The van der Waals surface area contributed by atoms with Gasteiger partial charge < -0.3 is 4.74 Å². The number of benzene rings is 2. The molecular formula is C22H19N3O2S. The molecule has 6 heteroatoms. The monoisotopic (exact) mass is 389 g/mol. The Hall–Kier alpha value is -3.12. The molecule has 140 valence electrons. The van der Waals surface area contributed by atoms with Crippen LogP contribution in [-0.2, 0) is 0 Å². The molecule has 0 amide bonds. The Morgan fingerprint density at radius 2 is 1.79 bits per heavy atom. The topological polar surface area (TPSA) is 57.0 Å². The molecule has 4 rings (SSSR count). The van der Waals surface area contributed by atoms with Crippen molar-refractivity contribution < 1.29 is 4.74 Å². The van der Waals surface area contributed by atoms with Crippen molar-refractivity contribution in [3.05, 3.63) is 88.8 Å². The molecule has 0 bridgehead atoms. The van der Waals surface area contributed by atoms with E-state index in [2.05, 4.69) is 4.98 Å². The van der Waals surface area contributed by atoms with Crippen LogP contribution in [-0.4, -0.2) is 26.9 Å². The highest BCUT2D eigenvalue weighted by Crippen LogP contribution is 2.22. The van der Waals surface area contributed by atoms with Gasteiger partial charge in [-0.2, -0.15) is 0 Å². The molecule has 0 aliphatic heterocycles. The van der Waals surface area contributed by atoms with Crippen molar-refractivity contribution in [1.29, 1.82) is 0 Å². The van der Waals surface area contributed by atoms with Gasteiger partial charge in [0.2, 0.25) is 0 Å². The van der Waals surface area contributed by atoms with E-state index < -0.39 is 0 Å². The molecule has 0 radical (unpaired) electrons. The summed E-state index contributed by atoms with van der Waals surface area (Å²) in [5, 5.41) is 1.19. The molecule has 0 saturated carbocycles. The van der Waals surface area contributed by atoms with Crippen molar-refractivity contribution in [2.24, 2.45) is 0 Å². The number of para-hydroxylation sites is 2. The van der Waals surface area contributed by atoms with Crippen LogP contribution in [0.15, 0.2) is 82.9 Å². The summed E-state index contributed by atoms with van der Waals surface area (Å²) in [4.78, 5) is 22.4. The van der Waals surface area contributed by atoms with E-state index in [1.807, 2.05) is 67.6 Å². The fourth-order valence-electron chi connectivity index (χ4n) is 2.92. The van der Waals surface area contributed by atoms with Gasteiger partial charge in [-0.05, 0) is 42.8 Å². The average Bonchev–Trinajstić information content (AvgIpc) is 2.73. The van der Waals surface area contributed by atoms with Crippen LogP contribution < -0.4 is 10.3 Å². The summed E-state index contributed by atoms with van der Waals surface area (Å²) in [5.74, 6) is 2.09. The third-order valence-corrected chi connectivity index (χ3v) is 5.17. The minimum Gasteiger partial charge on any atom is -0.493 e. The number of rotatable bonds is 6. The summed E-state index contributed by atoms with van der Waals surface area (Å²) in [6.07, 6.45) is 1.69. The minimum atomic E-state index is -0.112. The lowest BCUT2D eigenvalue weighted by atomic mass is 10.2. The van der Waals surface area contributed by atoms with E-state index in [0.717, 1.165) is 11.3 Å². The van der Waals surface area contributed by atoms with Crippen molar-refractivity contribution in [3.63, 3.8) is 0 Å². The highest BCUT2D eigenvalue weighted by Gasteiger charge is 2.15. The lowest BCUT2D eigenvalue weighted by Gasteiger charge is -2.14. The largest absolute Gasteiger partial charge is 0.493 e. The van der Waals surface area contributed by atoms with E-state index in [1.165, 1.54) is 11.8 Å². The molecule has 0 aliphatic carbocycles. The van der Waals surface area contributed by atoms with Gasteiger partial charge in [-0.15, -0.1) is 0 Å². The van der Waals surface area contributed by atoms with Crippen LogP contribution >= 0.6 is 11.8 Å². The highest BCUT2D eigenvalue weighted by molar-refractivity contribution is 7.99. The second-order valence-corrected chi connectivity index (χ2v) is 7.27. The lowest BCUT2D eigenvalue weighted by molar-refractivity contribution is 0.344. The third-order valence-electron chi connectivity index (χ3n) is 4.26. The first-order valence-electron chi connectivity index (χ1n) is 8.98. The summed E-state index contributed by atoms with van der Waals surface area (Å²) in [5.41, 5.74) is 1.49. The standard InChI is InChI=1S/C22H19N3O2S/c1-16-8-7-13-23-20(16)25-21(26)18-11-5-6-12-19(18)24-22(25)28-15-14-27-17-9-3-2-4-10-17/h2-13H,14-15H2,1H3. The van der Waals surface area contributed by atoms with Crippen molar-refractivity contribution in [3.8, 4) is 11.6 Å². The Labute approximate surface area is 167 Å². The summed E-state index contributed by atoms with van der Waals surface area (Å²) in [6, 6.07) is 20.9. The predicted molar refractivity (Wildman–Crippen MR) is 113 cm³/mol. The van der Waals surface area contributed by atoms with Crippen LogP contribution in [0.1, 0.15) is 5.56 Å². The summed E-state index contributed by atoms with van der Waals surface area (Å²) < 4.78 is 7.37. The van der Waals surface area contributed by atoms with Crippen LogP contribution in [0.2, 0.25) is 0 Å². The third kappa shape index (κ3) is 3.77. The number of nitrogens with zero attached hydrogens (tertiary/aromatic N) is 3. The van der Waals surface area contributed by atoms with Gasteiger partial charge in [0, 0.05) is 11.9 Å². The van der Waals surface area contributed by atoms with Crippen molar-refractivity contribution in [1.82, 2.24) is 14.5 Å². The van der Waals surface area contributed by atoms with Gasteiger partial charge in [0.15, 0.2) is 5.16 Å². The van der Waals surface area contributed by atoms with E-state index in [-0.39, 0.29) is 5.56 Å². The predicted octanol–water partition coefficient (Wildman–Crippen LogP) is 4.26. The average molecular weight is 389 g/mol. The van der Waals surface area contributed by atoms with Gasteiger partial charge in [-0.25, -0.2) is 14.5 Å². The molecule has 0 atom stereocenters. The summed E-state index contributed by atoms with van der Waals surface area (Å²) in [7, 11) is 0. The van der Waals surface area contributed by atoms with Crippen molar-refractivity contribution >= 4 is 22.7 Å². The van der Waals surface area contributed by atoms with E-state index >= 15 is 0 Å². The van der Waals surface area contributed by atoms with Crippen LogP contribution in [0.4, 0.5) is 0 Å². The first-order valence-corrected chi connectivity index (χ1v) is 9.97. The summed E-state index contributed by atoms with van der Waals surface area (Å²) >= 11 is 1.49. The molecule has 28 heavy (non-hydrogen) atoms. The van der Waals surface area contributed by atoms with E-state index in [4.69, 9.17) is 9.72 Å². The van der Waals surface area contributed by atoms with Gasteiger partial charge in [-0.1, -0.05) is 48.2 Å². The first-order chi connectivity index (χ1) is 13.7. The van der Waals surface area contributed by atoms with Gasteiger partial charge in [0.1, 0.15) is 11.6 Å². The maximum atomic E-state index is 13.2. The van der Waals surface area contributed by atoms with Gasteiger partial charge in [-0.3, -0.25) is 4.79 Å². The zero-order valence-electron chi connectivity index (χ0n) is 15.4. The van der Waals surface area contributed by atoms with Gasteiger partial charge in [0.25, 0.3) is 5.56 Å². The number of ether oxygens (including phenoxy) is 1. The molecule has 4 aromatic rings. The number of thioether (sulfide) groups is 1. The fourth-order valence-corrected chi connectivity index (χ4v) is 3.73. The Morgan fingerprint density at radius 3 is 2.61 bits per heavy atom. The van der Waals surface area contributed by atoms with E-state index in [1.54, 1.807) is 16.8 Å². The zero-order chi connectivity index (χ0) is 19.3. The van der Waals surface area contributed by atoms with E-state index in [0.29, 0.717) is 34.2 Å². The second-order valence-electron chi connectivity index (χ2n) is 6.21. The number of pyridine rings is 1. The molecule has 0 N–H and O–H groups in total. The highest BCUT2D eigenvalue weighted by atomic mass is 32.2. The van der Waals surface area contributed by atoms with Crippen LogP contribution in [0.5, 0.6) is 5.75 Å². The van der Waals surface area contributed by atoms with Crippen molar-refractivity contribution in [2.45, 2.75) is 12.1 Å². The molecule has 5 nitrogen and oxygen atoms in total. The molecular weight excluding hydrogens is 370 g/mol. The zero-order valence-corrected chi connectivity index (χ0v) is 16.2.